The molecule has 8 nitrogen and oxygen atoms in total. The first-order chi connectivity index (χ1) is 14.8. The Hall–Kier alpha value is -3.95. The summed E-state index contributed by atoms with van der Waals surface area (Å²) in [6, 6.07) is 10.9. The second-order valence-corrected chi connectivity index (χ2v) is 7.03. The molecule has 0 atom stereocenters. The Balaban J connectivity index is 1.94. The summed E-state index contributed by atoms with van der Waals surface area (Å²) in [5.74, 6) is -1.57. The molecule has 0 aliphatic rings. The van der Waals surface area contributed by atoms with Crippen LogP contribution in [-0.4, -0.2) is 36.5 Å². The fourth-order valence-electron chi connectivity index (χ4n) is 3.11. The molecular formula is C21H17F2N5O3. The lowest BCUT2D eigenvalue weighted by atomic mass is 10.0. The number of esters is 1. The number of carbonyl (C=O) groups is 1. The van der Waals surface area contributed by atoms with E-state index >= 15 is 0 Å². The molecule has 0 saturated heterocycles. The van der Waals surface area contributed by atoms with Crippen LogP contribution in [0.25, 0.3) is 28.3 Å². The zero-order valence-corrected chi connectivity index (χ0v) is 16.6. The highest BCUT2D eigenvalue weighted by Crippen LogP contribution is 2.29. The maximum Gasteiger partial charge on any atom is 0.352 e. The van der Waals surface area contributed by atoms with Crippen molar-refractivity contribution in [2.24, 2.45) is 0 Å². The van der Waals surface area contributed by atoms with E-state index in [-0.39, 0.29) is 23.3 Å². The highest BCUT2D eigenvalue weighted by atomic mass is 19.1. The lowest BCUT2D eigenvalue weighted by molar-refractivity contribution is -0.148. The Morgan fingerprint density at radius 2 is 1.55 bits per heavy atom. The first-order valence-corrected chi connectivity index (χ1v) is 9.41. The van der Waals surface area contributed by atoms with Gasteiger partial charge in [0.2, 0.25) is 0 Å². The Morgan fingerprint density at radius 3 is 2.13 bits per heavy atom. The average molecular weight is 425 g/mol. The van der Waals surface area contributed by atoms with Crippen LogP contribution in [0.15, 0.2) is 53.3 Å². The summed E-state index contributed by atoms with van der Waals surface area (Å²) < 4.78 is 34.1. The van der Waals surface area contributed by atoms with Crippen molar-refractivity contribution in [3.63, 3.8) is 0 Å². The maximum atomic E-state index is 13.5. The Labute approximate surface area is 174 Å². The Bertz CT molecular complexity index is 1310. The number of halogens is 2. The highest BCUT2D eigenvalue weighted by Gasteiger charge is 2.21. The normalized spacial score (nSPS) is 11.3. The van der Waals surface area contributed by atoms with Gasteiger partial charge in [0.1, 0.15) is 23.9 Å². The minimum absolute atomic E-state index is 0.0486. The van der Waals surface area contributed by atoms with Crippen molar-refractivity contribution >= 4 is 11.7 Å². The van der Waals surface area contributed by atoms with E-state index in [0.29, 0.717) is 11.1 Å². The molecular weight excluding hydrogens is 408 g/mol. The van der Waals surface area contributed by atoms with Crippen molar-refractivity contribution in [3.8, 4) is 22.5 Å². The Morgan fingerprint density at radius 1 is 0.968 bits per heavy atom. The summed E-state index contributed by atoms with van der Waals surface area (Å²) in [7, 11) is 0. The lowest BCUT2D eigenvalue weighted by Gasteiger charge is -2.10. The number of carbonyl (C=O) groups excluding carboxylic acids is 1. The number of aromatic nitrogens is 5. The van der Waals surface area contributed by atoms with Crippen molar-refractivity contribution in [3.05, 3.63) is 70.6 Å². The van der Waals surface area contributed by atoms with Crippen LogP contribution >= 0.6 is 0 Å². The molecule has 31 heavy (non-hydrogen) atoms. The molecule has 2 aromatic carbocycles. The third-order valence-electron chi connectivity index (χ3n) is 4.39. The minimum Gasteiger partial charge on any atom is -0.462 e. The summed E-state index contributed by atoms with van der Waals surface area (Å²) in [5, 5.41) is 12.2. The molecule has 0 spiro atoms. The van der Waals surface area contributed by atoms with E-state index in [1.807, 2.05) is 0 Å². The fourth-order valence-corrected chi connectivity index (χ4v) is 3.11. The molecule has 4 rings (SSSR count). The van der Waals surface area contributed by atoms with Gasteiger partial charge in [-0.05, 0) is 62.4 Å². The zero-order chi connectivity index (χ0) is 22.1. The molecule has 158 valence electrons. The molecule has 0 fully saturated rings. The molecule has 0 bridgehead atoms. The average Bonchev–Trinajstić information content (AvgIpc) is 3.03. The molecule has 2 aromatic heterocycles. The third kappa shape index (κ3) is 4.04. The number of hydrogen-bond donors (Lipinski definition) is 0. The van der Waals surface area contributed by atoms with Gasteiger partial charge < -0.3 is 4.74 Å². The summed E-state index contributed by atoms with van der Waals surface area (Å²) in [5.41, 5.74) is 0.866. The van der Waals surface area contributed by atoms with E-state index in [0.717, 1.165) is 4.68 Å². The van der Waals surface area contributed by atoms with Gasteiger partial charge in [-0.1, -0.05) is 0 Å². The quantitative estimate of drug-likeness (QED) is 0.457. The van der Waals surface area contributed by atoms with Crippen molar-refractivity contribution in [2.45, 2.75) is 26.5 Å². The monoisotopic (exact) mass is 425 g/mol. The maximum absolute atomic E-state index is 13.5. The van der Waals surface area contributed by atoms with Crippen LogP contribution in [0.2, 0.25) is 0 Å². The number of hydrogen-bond acceptors (Lipinski definition) is 6. The molecule has 0 N–H and O–H groups in total. The van der Waals surface area contributed by atoms with E-state index in [1.165, 1.54) is 52.9 Å². The van der Waals surface area contributed by atoms with Crippen LogP contribution in [0.5, 0.6) is 0 Å². The number of fused-ring (bicyclic) bond motifs is 1. The summed E-state index contributed by atoms with van der Waals surface area (Å²) >= 11 is 0. The van der Waals surface area contributed by atoms with Gasteiger partial charge in [-0.3, -0.25) is 4.79 Å². The minimum atomic E-state index is -0.645. The number of rotatable bonds is 5. The van der Waals surface area contributed by atoms with Crippen molar-refractivity contribution in [2.75, 3.05) is 0 Å². The zero-order valence-electron chi connectivity index (χ0n) is 16.6. The summed E-state index contributed by atoms with van der Waals surface area (Å²) in [4.78, 5) is 25.1. The Kier molecular flexibility index (Phi) is 5.28. The van der Waals surface area contributed by atoms with Gasteiger partial charge in [0, 0.05) is 11.1 Å². The number of nitrogens with zero attached hydrogens (tertiary/aromatic N) is 5. The molecule has 2 heterocycles. The standard InChI is InChI=1S/C21H17F2N5O3/c1-12(2)31-17(29)11-27-21(30)28-19(14-5-9-16(23)10-6-14)18(24-25-20(28)26-27)13-3-7-15(22)8-4-13/h3-10,12H,11H2,1-2H3. The van der Waals surface area contributed by atoms with Crippen LogP contribution in [0.1, 0.15) is 13.8 Å². The fraction of sp³-hybridized carbons (Fsp3) is 0.190. The van der Waals surface area contributed by atoms with Gasteiger partial charge >= 0.3 is 11.7 Å². The second-order valence-electron chi connectivity index (χ2n) is 7.03. The van der Waals surface area contributed by atoms with Crippen molar-refractivity contribution < 1.29 is 18.3 Å². The van der Waals surface area contributed by atoms with Crippen LogP contribution < -0.4 is 5.69 Å². The highest BCUT2D eigenvalue weighted by molar-refractivity contribution is 5.79. The topological polar surface area (TPSA) is 91.4 Å². The van der Waals surface area contributed by atoms with Crippen LogP contribution in [0.3, 0.4) is 0 Å². The molecule has 0 saturated carbocycles. The number of ether oxygens (including phenoxy) is 1. The first kappa shape index (κ1) is 20.3. The van der Waals surface area contributed by atoms with Crippen LogP contribution in [0.4, 0.5) is 8.78 Å². The summed E-state index contributed by atoms with van der Waals surface area (Å²) in [6.45, 7) is 2.98. The predicted octanol–water partition coefficient (Wildman–Crippen LogP) is 2.85. The molecule has 0 radical (unpaired) electrons. The van der Waals surface area contributed by atoms with Gasteiger partial charge in [0.25, 0.3) is 5.78 Å². The van der Waals surface area contributed by atoms with Gasteiger partial charge in [-0.25, -0.2) is 18.0 Å². The predicted molar refractivity (Wildman–Crippen MR) is 107 cm³/mol. The van der Waals surface area contributed by atoms with Gasteiger partial charge in [0.15, 0.2) is 0 Å². The lowest BCUT2D eigenvalue weighted by Crippen LogP contribution is -2.27. The first-order valence-electron chi connectivity index (χ1n) is 9.41. The van der Waals surface area contributed by atoms with E-state index in [9.17, 15) is 18.4 Å². The van der Waals surface area contributed by atoms with Crippen molar-refractivity contribution in [1.82, 2.24) is 24.4 Å². The van der Waals surface area contributed by atoms with E-state index in [4.69, 9.17) is 4.74 Å². The van der Waals surface area contributed by atoms with Crippen molar-refractivity contribution in [1.29, 1.82) is 0 Å². The molecule has 0 aliphatic carbocycles. The third-order valence-corrected chi connectivity index (χ3v) is 4.39. The molecule has 4 aromatic rings. The van der Waals surface area contributed by atoms with E-state index < -0.39 is 29.8 Å². The molecule has 0 aliphatic heterocycles. The van der Waals surface area contributed by atoms with Gasteiger partial charge in [0.05, 0.1) is 11.8 Å². The molecule has 0 amide bonds. The van der Waals surface area contributed by atoms with E-state index in [1.54, 1.807) is 13.8 Å². The molecule has 10 heteroatoms. The summed E-state index contributed by atoms with van der Waals surface area (Å²) in [6.07, 6.45) is -0.347. The van der Waals surface area contributed by atoms with Gasteiger partial charge in [-0.15, -0.1) is 15.3 Å². The van der Waals surface area contributed by atoms with Crippen LogP contribution in [0, 0.1) is 11.6 Å². The second kappa shape index (κ2) is 8.05. The number of benzene rings is 2. The largest absolute Gasteiger partial charge is 0.462 e. The molecule has 0 unspecified atom stereocenters. The van der Waals surface area contributed by atoms with Crippen LogP contribution in [-0.2, 0) is 16.1 Å². The van der Waals surface area contributed by atoms with E-state index in [2.05, 4.69) is 15.3 Å². The SMILES string of the molecule is CC(C)OC(=O)Cn1nc2nnc(-c3ccc(F)cc3)c(-c3ccc(F)cc3)n2c1=O. The van der Waals surface area contributed by atoms with Gasteiger partial charge in [-0.2, -0.15) is 4.68 Å². The smallest absolute Gasteiger partial charge is 0.352 e.